The van der Waals surface area contributed by atoms with Gasteiger partial charge < -0.3 is 19.8 Å². The normalized spacial score (nSPS) is 26.2. The van der Waals surface area contributed by atoms with Crippen LogP contribution in [0.15, 0.2) is 82.6 Å². The monoisotopic (exact) mass is 699 g/mol. The second kappa shape index (κ2) is 12.3. The zero-order chi connectivity index (χ0) is 34.0. The summed E-state index contributed by atoms with van der Waals surface area (Å²) >= 11 is 2.77. The number of carbonyl (C=O) groups is 4. The first kappa shape index (κ1) is 31.5. The predicted octanol–water partition coefficient (Wildman–Crippen LogP) is 5.45. The first-order chi connectivity index (χ1) is 23.7. The molecule has 2 aliphatic heterocycles. The van der Waals surface area contributed by atoms with Gasteiger partial charge in [-0.3, -0.25) is 24.1 Å². The third kappa shape index (κ3) is 5.35. The number of aromatic nitrogens is 1. The van der Waals surface area contributed by atoms with Gasteiger partial charge in [0, 0.05) is 21.7 Å². The molecule has 2 bridgehead atoms. The number of imide groups is 1. The second-order valence-electron chi connectivity index (χ2n) is 12.7. The lowest BCUT2D eigenvalue weighted by atomic mass is 9.68. The Labute approximate surface area is 288 Å². The summed E-state index contributed by atoms with van der Waals surface area (Å²) in [4.78, 5) is 70.5. The number of thiazole rings is 1. The number of carbonyl (C=O) groups excluding carboxylic acids is 4. The molecule has 3 fully saturated rings. The third-order valence-corrected chi connectivity index (χ3v) is 12.7. The molecular formula is C36H30FN3O7S2. The number of halogens is 1. The van der Waals surface area contributed by atoms with Crippen LogP contribution in [0.1, 0.15) is 40.1 Å². The van der Waals surface area contributed by atoms with Gasteiger partial charge in [-0.2, -0.15) is 0 Å². The number of aromatic amines is 1. The van der Waals surface area contributed by atoms with Crippen molar-refractivity contribution < 1.29 is 33.0 Å². The zero-order valence-corrected chi connectivity index (χ0v) is 27.7. The summed E-state index contributed by atoms with van der Waals surface area (Å²) in [5.41, 5.74) is 2.12. The molecule has 3 heterocycles. The predicted molar refractivity (Wildman–Crippen MR) is 180 cm³/mol. The molecule has 0 spiro atoms. The van der Waals surface area contributed by atoms with E-state index in [1.165, 1.54) is 29.2 Å². The van der Waals surface area contributed by atoms with E-state index in [0.717, 1.165) is 33.2 Å². The number of benzene rings is 3. The van der Waals surface area contributed by atoms with E-state index in [-0.39, 0.29) is 58.8 Å². The second-order valence-corrected chi connectivity index (χ2v) is 14.9. The van der Waals surface area contributed by atoms with Gasteiger partial charge in [-0.1, -0.05) is 23.5 Å². The SMILES string of the molecule is CCOC(=O)c1ccc(N2C(=O)C3C4CC(C3C2=O)C2C4Sc3[nH]c(=O)sc3[C@@H]2c2cccc(OCC(=O)Nc3ccc(F)cc3)c2)cc1. The number of hydrogen-bond acceptors (Lipinski definition) is 9. The minimum atomic E-state index is -0.488. The molecule has 3 amide bonds. The Morgan fingerprint density at radius 1 is 0.980 bits per heavy atom. The highest BCUT2D eigenvalue weighted by molar-refractivity contribution is 8.00. The molecule has 2 aliphatic carbocycles. The van der Waals surface area contributed by atoms with Crippen LogP contribution in [0.4, 0.5) is 15.8 Å². The Hall–Kier alpha value is -4.75. The Kier molecular flexibility index (Phi) is 7.91. The standard InChI is InChI=1S/C36H30FN3O7S2/c1-2-46-35(44)17-6-12-21(13-7-17)40-33(42)28-23-15-24(29(28)34(40)43)30-27(23)26(31-32(48-30)39-36(45)49-31)18-4-3-5-22(14-18)47-16-25(41)38-20-10-8-19(37)9-11-20/h3-14,23-24,26-30H,2,15-16H2,1H3,(H,38,41)(H,39,45)/t23?,24?,26-,27?,28?,29?,30?/m1/s1. The Bertz CT molecular complexity index is 2050. The summed E-state index contributed by atoms with van der Waals surface area (Å²) in [5.74, 6) is -2.59. The summed E-state index contributed by atoms with van der Waals surface area (Å²) < 4.78 is 24.2. The van der Waals surface area contributed by atoms with Gasteiger partial charge in [-0.25, -0.2) is 9.18 Å². The molecular weight excluding hydrogens is 670 g/mol. The number of anilines is 2. The third-order valence-electron chi connectivity index (χ3n) is 10.1. The number of esters is 1. The molecule has 8 rings (SSSR count). The van der Waals surface area contributed by atoms with Crippen LogP contribution in [0.5, 0.6) is 5.75 Å². The van der Waals surface area contributed by atoms with Crippen LogP contribution in [0.2, 0.25) is 0 Å². The van der Waals surface area contributed by atoms with Crippen molar-refractivity contribution in [1.29, 1.82) is 0 Å². The van der Waals surface area contributed by atoms with E-state index >= 15 is 0 Å². The van der Waals surface area contributed by atoms with Crippen LogP contribution in [0, 0.1) is 35.4 Å². The highest BCUT2D eigenvalue weighted by Gasteiger charge is 2.69. The summed E-state index contributed by atoms with van der Waals surface area (Å²) in [6.45, 7) is 1.70. The van der Waals surface area contributed by atoms with Crippen molar-refractivity contribution in [3.8, 4) is 5.75 Å². The van der Waals surface area contributed by atoms with E-state index in [9.17, 15) is 28.4 Å². The number of H-pyrrole nitrogens is 1. The highest BCUT2D eigenvalue weighted by Crippen LogP contribution is 2.68. The highest BCUT2D eigenvalue weighted by atomic mass is 32.2. The first-order valence-corrected chi connectivity index (χ1v) is 17.7. The van der Waals surface area contributed by atoms with E-state index in [1.54, 1.807) is 49.0 Å². The van der Waals surface area contributed by atoms with Gasteiger partial charge in [-0.05, 0) is 97.3 Å². The van der Waals surface area contributed by atoms with E-state index in [4.69, 9.17) is 9.47 Å². The lowest BCUT2D eigenvalue weighted by molar-refractivity contribution is -0.123. The molecule has 4 aliphatic rings. The van der Waals surface area contributed by atoms with E-state index < -0.39 is 29.5 Å². The average molecular weight is 700 g/mol. The van der Waals surface area contributed by atoms with Crippen molar-refractivity contribution in [2.75, 3.05) is 23.4 Å². The lowest BCUT2D eigenvalue weighted by Crippen LogP contribution is -2.42. The summed E-state index contributed by atoms with van der Waals surface area (Å²) in [6.07, 6.45) is 0.736. The number of nitrogens with zero attached hydrogens (tertiary/aromatic N) is 1. The van der Waals surface area contributed by atoms with Crippen molar-refractivity contribution >= 4 is 58.2 Å². The van der Waals surface area contributed by atoms with Crippen molar-refractivity contribution in [1.82, 2.24) is 4.98 Å². The van der Waals surface area contributed by atoms with Crippen LogP contribution in [-0.4, -0.2) is 47.1 Å². The number of thioether (sulfide) groups is 1. The maximum atomic E-state index is 14.1. The number of rotatable bonds is 8. The average Bonchev–Trinajstić information content (AvgIpc) is 3.84. The molecule has 0 radical (unpaired) electrons. The Balaban J connectivity index is 1.06. The van der Waals surface area contributed by atoms with Crippen molar-refractivity contribution in [3.63, 3.8) is 0 Å². The molecule has 4 aromatic rings. The number of amides is 3. The zero-order valence-electron chi connectivity index (χ0n) is 26.1. The van der Waals surface area contributed by atoms with Gasteiger partial charge in [-0.15, -0.1) is 11.8 Å². The Morgan fingerprint density at radius 3 is 2.45 bits per heavy atom. The first-order valence-electron chi connectivity index (χ1n) is 16.0. The molecule has 2 N–H and O–H groups in total. The maximum Gasteiger partial charge on any atom is 0.338 e. The number of ether oxygens (including phenoxy) is 2. The largest absolute Gasteiger partial charge is 0.484 e. The minimum absolute atomic E-state index is 0.00273. The van der Waals surface area contributed by atoms with Crippen LogP contribution in [-0.2, 0) is 19.1 Å². The molecule has 49 heavy (non-hydrogen) atoms. The van der Waals surface area contributed by atoms with E-state index in [0.29, 0.717) is 22.7 Å². The number of nitrogens with one attached hydrogen (secondary N) is 2. The molecule has 1 aromatic heterocycles. The summed E-state index contributed by atoms with van der Waals surface area (Å²) in [7, 11) is 0. The van der Waals surface area contributed by atoms with Gasteiger partial charge in [0.1, 0.15) is 11.6 Å². The van der Waals surface area contributed by atoms with E-state index in [1.807, 2.05) is 18.2 Å². The van der Waals surface area contributed by atoms with Gasteiger partial charge in [0.05, 0.1) is 34.7 Å². The molecule has 10 nitrogen and oxygen atoms in total. The molecule has 7 atom stereocenters. The molecule has 250 valence electrons. The fourth-order valence-electron chi connectivity index (χ4n) is 8.28. The fraction of sp³-hybridized carbons (Fsp3) is 0.306. The fourth-order valence-corrected chi connectivity index (χ4v) is 11.2. The molecule has 1 saturated heterocycles. The van der Waals surface area contributed by atoms with E-state index in [2.05, 4.69) is 10.3 Å². The molecule has 3 aromatic carbocycles. The van der Waals surface area contributed by atoms with Gasteiger partial charge in [0.2, 0.25) is 11.8 Å². The molecule has 2 saturated carbocycles. The topological polar surface area (TPSA) is 135 Å². The lowest BCUT2D eigenvalue weighted by Gasteiger charge is -2.43. The number of fused-ring (bicyclic) bond motifs is 9. The van der Waals surface area contributed by atoms with Crippen LogP contribution >= 0.6 is 23.1 Å². The molecule has 6 unspecified atom stereocenters. The van der Waals surface area contributed by atoms with Crippen molar-refractivity contribution in [2.45, 2.75) is 29.5 Å². The van der Waals surface area contributed by atoms with Crippen molar-refractivity contribution in [2.24, 2.45) is 29.6 Å². The summed E-state index contributed by atoms with van der Waals surface area (Å²) in [6, 6.07) is 19.3. The van der Waals surface area contributed by atoms with Crippen LogP contribution < -0.4 is 19.8 Å². The van der Waals surface area contributed by atoms with Gasteiger partial charge in [0.25, 0.3) is 5.91 Å². The Morgan fingerprint density at radius 2 is 1.71 bits per heavy atom. The van der Waals surface area contributed by atoms with Gasteiger partial charge >= 0.3 is 10.8 Å². The van der Waals surface area contributed by atoms with Crippen molar-refractivity contribution in [3.05, 3.63) is 104 Å². The number of hydrogen-bond donors (Lipinski definition) is 2. The van der Waals surface area contributed by atoms with Crippen LogP contribution in [0.3, 0.4) is 0 Å². The summed E-state index contributed by atoms with van der Waals surface area (Å²) in [5, 5.41) is 3.48. The smallest absolute Gasteiger partial charge is 0.338 e. The maximum absolute atomic E-state index is 14.1. The van der Waals surface area contributed by atoms with Gasteiger partial charge in [0.15, 0.2) is 6.61 Å². The van der Waals surface area contributed by atoms with Crippen LogP contribution in [0.25, 0.3) is 0 Å². The molecule has 13 heteroatoms. The quantitative estimate of drug-likeness (QED) is 0.183. The minimum Gasteiger partial charge on any atom is -0.484 e.